The van der Waals surface area contributed by atoms with Crippen LogP contribution in [-0.2, 0) is 4.79 Å². The summed E-state index contributed by atoms with van der Waals surface area (Å²) >= 11 is 0. The number of nitrogens with one attached hydrogen (secondary N) is 1. The summed E-state index contributed by atoms with van der Waals surface area (Å²) in [5, 5.41) is 3.01. The molecule has 0 spiro atoms. The van der Waals surface area contributed by atoms with Crippen LogP contribution in [0, 0.1) is 0 Å². The Morgan fingerprint density at radius 2 is 1.94 bits per heavy atom. The van der Waals surface area contributed by atoms with E-state index >= 15 is 0 Å². The SMILES string of the molecule is CCCCNC(=O)CN(CC)C1CCCCC1. The number of nitrogens with zero attached hydrogens (tertiary/aromatic N) is 1. The summed E-state index contributed by atoms with van der Waals surface area (Å²) in [5.41, 5.74) is 0. The second-order valence-electron chi connectivity index (χ2n) is 5.06. The molecule has 0 radical (unpaired) electrons. The number of hydrogen-bond donors (Lipinski definition) is 1. The average molecular weight is 240 g/mol. The highest BCUT2D eigenvalue weighted by Gasteiger charge is 2.21. The third-order valence-corrected chi connectivity index (χ3v) is 3.70. The smallest absolute Gasteiger partial charge is 0.234 e. The third kappa shape index (κ3) is 5.53. The number of amides is 1. The van der Waals surface area contributed by atoms with E-state index in [2.05, 4.69) is 24.1 Å². The van der Waals surface area contributed by atoms with E-state index < -0.39 is 0 Å². The number of unbranched alkanes of at least 4 members (excludes halogenated alkanes) is 1. The van der Waals surface area contributed by atoms with Crippen LogP contribution < -0.4 is 5.32 Å². The van der Waals surface area contributed by atoms with Gasteiger partial charge in [0.05, 0.1) is 6.54 Å². The Balaban J connectivity index is 2.27. The largest absolute Gasteiger partial charge is 0.355 e. The molecule has 0 unspecified atom stereocenters. The Morgan fingerprint density at radius 3 is 2.53 bits per heavy atom. The quantitative estimate of drug-likeness (QED) is 0.694. The normalized spacial score (nSPS) is 17.4. The van der Waals surface area contributed by atoms with Crippen molar-refractivity contribution in [2.45, 2.75) is 64.8 Å². The molecule has 1 N–H and O–H groups in total. The molecule has 3 heteroatoms. The van der Waals surface area contributed by atoms with Gasteiger partial charge in [-0.3, -0.25) is 9.69 Å². The van der Waals surface area contributed by atoms with Crippen molar-refractivity contribution in [2.75, 3.05) is 19.6 Å². The van der Waals surface area contributed by atoms with Crippen molar-refractivity contribution < 1.29 is 4.79 Å². The molecule has 0 aromatic heterocycles. The number of rotatable bonds is 7. The second-order valence-corrected chi connectivity index (χ2v) is 5.06. The summed E-state index contributed by atoms with van der Waals surface area (Å²) in [6.45, 7) is 6.72. The summed E-state index contributed by atoms with van der Waals surface area (Å²) in [5.74, 6) is 0.200. The molecule has 1 saturated carbocycles. The van der Waals surface area contributed by atoms with Gasteiger partial charge in [-0.15, -0.1) is 0 Å². The minimum absolute atomic E-state index is 0.200. The molecule has 1 aliphatic rings. The molecule has 0 aromatic rings. The Hall–Kier alpha value is -0.570. The molecule has 17 heavy (non-hydrogen) atoms. The monoisotopic (exact) mass is 240 g/mol. The standard InChI is InChI=1S/C14H28N2O/c1-3-5-11-15-14(17)12-16(4-2)13-9-7-6-8-10-13/h13H,3-12H2,1-2H3,(H,15,17). The van der Waals surface area contributed by atoms with Gasteiger partial charge in [-0.2, -0.15) is 0 Å². The summed E-state index contributed by atoms with van der Waals surface area (Å²) < 4.78 is 0. The first-order chi connectivity index (χ1) is 8.27. The summed E-state index contributed by atoms with van der Waals surface area (Å²) in [6.07, 6.45) is 8.81. The van der Waals surface area contributed by atoms with Crippen LogP contribution >= 0.6 is 0 Å². The Kier molecular flexibility index (Phi) is 7.25. The molecular weight excluding hydrogens is 212 g/mol. The molecule has 100 valence electrons. The number of carbonyl (C=O) groups is 1. The maximum absolute atomic E-state index is 11.8. The van der Waals surface area contributed by atoms with Crippen molar-refractivity contribution in [3.05, 3.63) is 0 Å². The minimum Gasteiger partial charge on any atom is -0.355 e. The van der Waals surface area contributed by atoms with Gasteiger partial charge in [0.1, 0.15) is 0 Å². The molecule has 0 atom stereocenters. The fraction of sp³-hybridized carbons (Fsp3) is 0.929. The van der Waals surface area contributed by atoms with Crippen LogP contribution in [-0.4, -0.2) is 36.5 Å². The van der Waals surface area contributed by atoms with Crippen molar-refractivity contribution in [3.8, 4) is 0 Å². The van der Waals surface area contributed by atoms with E-state index in [4.69, 9.17) is 0 Å². The van der Waals surface area contributed by atoms with E-state index in [1.54, 1.807) is 0 Å². The highest BCUT2D eigenvalue weighted by Crippen LogP contribution is 2.22. The van der Waals surface area contributed by atoms with Gasteiger partial charge in [-0.05, 0) is 25.8 Å². The average Bonchev–Trinajstić information content (AvgIpc) is 2.37. The first-order valence-electron chi connectivity index (χ1n) is 7.28. The molecule has 0 heterocycles. The van der Waals surface area contributed by atoms with Crippen LogP contribution in [0.5, 0.6) is 0 Å². The maximum Gasteiger partial charge on any atom is 0.234 e. The lowest BCUT2D eigenvalue weighted by atomic mass is 9.94. The van der Waals surface area contributed by atoms with Gasteiger partial charge in [0.2, 0.25) is 5.91 Å². The van der Waals surface area contributed by atoms with Crippen LogP contribution in [0.2, 0.25) is 0 Å². The van der Waals surface area contributed by atoms with E-state index in [0.29, 0.717) is 12.6 Å². The molecule has 0 aromatic carbocycles. The lowest BCUT2D eigenvalue weighted by Gasteiger charge is -2.32. The van der Waals surface area contributed by atoms with Gasteiger partial charge < -0.3 is 5.32 Å². The highest BCUT2D eigenvalue weighted by atomic mass is 16.2. The predicted molar refractivity (Wildman–Crippen MR) is 72.0 cm³/mol. The molecule has 1 amide bonds. The molecule has 3 nitrogen and oxygen atoms in total. The zero-order valence-corrected chi connectivity index (χ0v) is 11.5. The zero-order valence-electron chi connectivity index (χ0n) is 11.5. The maximum atomic E-state index is 11.8. The molecule has 0 saturated heterocycles. The summed E-state index contributed by atoms with van der Waals surface area (Å²) in [4.78, 5) is 14.1. The molecule has 1 fully saturated rings. The van der Waals surface area contributed by atoms with Crippen LogP contribution in [0.15, 0.2) is 0 Å². The summed E-state index contributed by atoms with van der Waals surface area (Å²) in [6, 6.07) is 0.644. The van der Waals surface area contributed by atoms with Crippen molar-refractivity contribution in [2.24, 2.45) is 0 Å². The van der Waals surface area contributed by atoms with E-state index in [1.807, 2.05) is 0 Å². The van der Waals surface area contributed by atoms with Gasteiger partial charge in [0, 0.05) is 12.6 Å². The molecule has 0 aliphatic heterocycles. The van der Waals surface area contributed by atoms with E-state index in [-0.39, 0.29) is 5.91 Å². The second kappa shape index (κ2) is 8.51. The lowest BCUT2D eigenvalue weighted by molar-refractivity contribution is -0.122. The molecule has 1 aliphatic carbocycles. The first kappa shape index (κ1) is 14.5. The van der Waals surface area contributed by atoms with Gasteiger partial charge in [0.15, 0.2) is 0 Å². The van der Waals surface area contributed by atoms with Crippen molar-refractivity contribution in [1.82, 2.24) is 10.2 Å². The van der Waals surface area contributed by atoms with Crippen molar-refractivity contribution in [3.63, 3.8) is 0 Å². The van der Waals surface area contributed by atoms with Crippen LogP contribution in [0.25, 0.3) is 0 Å². The third-order valence-electron chi connectivity index (χ3n) is 3.70. The van der Waals surface area contributed by atoms with Crippen LogP contribution in [0.1, 0.15) is 58.8 Å². The van der Waals surface area contributed by atoms with E-state index in [1.165, 1.54) is 32.1 Å². The van der Waals surface area contributed by atoms with Crippen LogP contribution in [0.4, 0.5) is 0 Å². The predicted octanol–water partition coefficient (Wildman–Crippen LogP) is 2.56. The fourth-order valence-corrected chi connectivity index (χ4v) is 2.59. The Bertz CT molecular complexity index is 212. The lowest BCUT2D eigenvalue weighted by Crippen LogP contribution is -2.43. The number of likely N-dealkylation sites (N-methyl/N-ethyl adjacent to an activating group) is 1. The van der Waals surface area contributed by atoms with E-state index in [9.17, 15) is 4.79 Å². The topological polar surface area (TPSA) is 32.3 Å². The van der Waals surface area contributed by atoms with Crippen molar-refractivity contribution in [1.29, 1.82) is 0 Å². The first-order valence-corrected chi connectivity index (χ1v) is 7.28. The van der Waals surface area contributed by atoms with E-state index in [0.717, 1.165) is 25.9 Å². The van der Waals surface area contributed by atoms with Gasteiger partial charge in [-0.25, -0.2) is 0 Å². The zero-order chi connectivity index (χ0) is 12.5. The van der Waals surface area contributed by atoms with Gasteiger partial charge in [-0.1, -0.05) is 39.5 Å². The Labute approximate surface area is 106 Å². The van der Waals surface area contributed by atoms with Crippen LogP contribution in [0.3, 0.4) is 0 Å². The fourth-order valence-electron chi connectivity index (χ4n) is 2.59. The Morgan fingerprint density at radius 1 is 1.24 bits per heavy atom. The number of carbonyl (C=O) groups excluding carboxylic acids is 1. The van der Waals surface area contributed by atoms with Crippen molar-refractivity contribution >= 4 is 5.91 Å². The minimum atomic E-state index is 0.200. The molecule has 0 bridgehead atoms. The molecular formula is C14H28N2O. The number of hydrogen-bond acceptors (Lipinski definition) is 2. The summed E-state index contributed by atoms with van der Waals surface area (Å²) in [7, 11) is 0. The van der Waals surface area contributed by atoms with Gasteiger partial charge in [0.25, 0.3) is 0 Å². The molecule has 1 rings (SSSR count). The van der Waals surface area contributed by atoms with Gasteiger partial charge >= 0.3 is 0 Å². The highest BCUT2D eigenvalue weighted by molar-refractivity contribution is 5.78.